The van der Waals surface area contributed by atoms with Gasteiger partial charge in [-0.05, 0) is 32.3 Å². The maximum Gasteiger partial charge on any atom is 0.425 e. The minimum absolute atomic E-state index is 0.0528. The minimum Gasteiger partial charge on any atom is -0.481 e. The molecule has 0 saturated heterocycles. The highest BCUT2D eigenvalue weighted by atomic mass is 19.4. The average molecular weight is 261 g/mol. The van der Waals surface area contributed by atoms with Gasteiger partial charge in [0.1, 0.15) is 5.75 Å². The molecule has 0 aromatic carbocycles. The Balaban J connectivity index is 2.23. The summed E-state index contributed by atoms with van der Waals surface area (Å²) in [5.74, 6) is 0.0528. The van der Waals surface area contributed by atoms with Gasteiger partial charge in [-0.2, -0.15) is 13.2 Å². The lowest BCUT2D eigenvalue weighted by molar-refractivity contribution is -0.190. The Morgan fingerprint density at radius 1 is 1.44 bits per heavy atom. The molecule has 1 aliphatic rings. The Labute approximate surface area is 103 Å². The predicted octanol–water partition coefficient (Wildman–Crippen LogP) is 2.78. The summed E-state index contributed by atoms with van der Waals surface area (Å²) < 4.78 is 42.3. The van der Waals surface area contributed by atoms with Gasteiger partial charge in [-0.15, -0.1) is 0 Å². The van der Waals surface area contributed by atoms with Crippen LogP contribution in [0, 0.1) is 0 Å². The van der Waals surface area contributed by atoms with Crippen LogP contribution in [0.2, 0.25) is 0 Å². The zero-order valence-corrected chi connectivity index (χ0v) is 9.87. The summed E-state index contributed by atoms with van der Waals surface area (Å²) in [5, 5.41) is 10.2. The molecule has 100 valence electrons. The van der Waals surface area contributed by atoms with Gasteiger partial charge in [0.25, 0.3) is 0 Å². The van der Waals surface area contributed by atoms with E-state index in [0.717, 1.165) is 13.3 Å². The van der Waals surface area contributed by atoms with E-state index >= 15 is 0 Å². The van der Waals surface area contributed by atoms with Gasteiger partial charge in [0.05, 0.1) is 5.60 Å². The zero-order chi connectivity index (χ0) is 13.4. The van der Waals surface area contributed by atoms with Crippen LogP contribution < -0.4 is 4.74 Å². The molecule has 1 atom stereocenters. The standard InChI is InChI=1S/C12H14F3NO2/c1-8(12(13,14)15)18-10-3-6-16-7-9(10)11(17)4-2-5-11/h3,6-8,17H,2,4-5H2,1H3. The molecular formula is C12H14F3NO2. The van der Waals surface area contributed by atoms with Gasteiger partial charge in [-0.1, -0.05) is 0 Å². The maximum absolute atomic E-state index is 12.5. The molecule has 1 aliphatic carbocycles. The molecule has 6 heteroatoms. The largest absolute Gasteiger partial charge is 0.481 e. The Kier molecular flexibility index (Phi) is 3.23. The van der Waals surface area contributed by atoms with E-state index in [9.17, 15) is 18.3 Å². The van der Waals surface area contributed by atoms with Crippen LogP contribution in [-0.4, -0.2) is 22.4 Å². The third-order valence-corrected chi connectivity index (χ3v) is 3.23. The quantitative estimate of drug-likeness (QED) is 0.909. The number of hydrogen-bond donors (Lipinski definition) is 1. The van der Waals surface area contributed by atoms with E-state index in [-0.39, 0.29) is 5.75 Å². The predicted molar refractivity (Wildman–Crippen MR) is 58.1 cm³/mol. The highest BCUT2D eigenvalue weighted by Gasteiger charge is 2.42. The Hall–Kier alpha value is -1.30. The van der Waals surface area contributed by atoms with E-state index in [1.807, 2.05) is 0 Å². The van der Waals surface area contributed by atoms with Gasteiger partial charge in [0, 0.05) is 18.0 Å². The van der Waals surface area contributed by atoms with Gasteiger partial charge >= 0.3 is 6.18 Å². The summed E-state index contributed by atoms with van der Waals surface area (Å²) in [7, 11) is 0. The van der Waals surface area contributed by atoms with Crippen LogP contribution in [0.1, 0.15) is 31.7 Å². The van der Waals surface area contributed by atoms with Crippen LogP contribution in [-0.2, 0) is 5.60 Å². The number of alkyl halides is 3. The second-order valence-electron chi connectivity index (χ2n) is 4.56. The van der Waals surface area contributed by atoms with Crippen LogP contribution in [0.15, 0.2) is 18.5 Å². The number of hydrogen-bond acceptors (Lipinski definition) is 3. The average Bonchev–Trinajstić information content (AvgIpc) is 2.25. The van der Waals surface area contributed by atoms with Crippen molar-refractivity contribution < 1.29 is 23.0 Å². The number of ether oxygens (including phenoxy) is 1. The first-order chi connectivity index (χ1) is 8.33. The Bertz CT molecular complexity index is 430. The lowest BCUT2D eigenvalue weighted by Crippen LogP contribution is -2.36. The Morgan fingerprint density at radius 3 is 2.61 bits per heavy atom. The molecular weight excluding hydrogens is 247 g/mol. The number of pyridine rings is 1. The van der Waals surface area contributed by atoms with Crippen LogP contribution in [0.3, 0.4) is 0 Å². The SMILES string of the molecule is CC(Oc1ccncc1C1(O)CCC1)C(F)(F)F. The molecule has 1 unspecified atom stereocenters. The highest BCUT2D eigenvalue weighted by molar-refractivity contribution is 5.36. The lowest BCUT2D eigenvalue weighted by Gasteiger charge is -2.37. The number of aliphatic hydroxyl groups is 1. The number of halogens is 3. The summed E-state index contributed by atoms with van der Waals surface area (Å²) in [5.41, 5.74) is -0.748. The van der Waals surface area contributed by atoms with Crippen molar-refractivity contribution in [3.8, 4) is 5.75 Å². The molecule has 2 rings (SSSR count). The fraction of sp³-hybridized carbons (Fsp3) is 0.583. The minimum atomic E-state index is -4.43. The Morgan fingerprint density at radius 2 is 2.11 bits per heavy atom. The van der Waals surface area contributed by atoms with E-state index in [1.54, 1.807) is 0 Å². The maximum atomic E-state index is 12.5. The smallest absolute Gasteiger partial charge is 0.425 e. The fourth-order valence-electron chi connectivity index (χ4n) is 1.87. The molecule has 1 aromatic heterocycles. The first-order valence-electron chi connectivity index (χ1n) is 5.73. The molecule has 0 aliphatic heterocycles. The number of rotatable bonds is 3. The zero-order valence-electron chi connectivity index (χ0n) is 9.87. The molecule has 1 fully saturated rings. The van der Waals surface area contributed by atoms with Crippen molar-refractivity contribution in [3.05, 3.63) is 24.0 Å². The third kappa shape index (κ3) is 2.43. The van der Waals surface area contributed by atoms with Gasteiger partial charge in [0.2, 0.25) is 0 Å². The van der Waals surface area contributed by atoms with E-state index < -0.39 is 17.9 Å². The molecule has 1 heterocycles. The summed E-state index contributed by atoms with van der Waals surface area (Å²) >= 11 is 0. The van der Waals surface area contributed by atoms with Crippen LogP contribution in [0.5, 0.6) is 5.75 Å². The summed E-state index contributed by atoms with van der Waals surface area (Å²) in [4.78, 5) is 3.84. The van der Waals surface area contributed by atoms with Crippen LogP contribution in [0.4, 0.5) is 13.2 Å². The molecule has 3 nitrogen and oxygen atoms in total. The van der Waals surface area contributed by atoms with Gasteiger partial charge in [-0.3, -0.25) is 4.98 Å². The normalized spacial score (nSPS) is 20.1. The van der Waals surface area contributed by atoms with E-state index in [0.29, 0.717) is 18.4 Å². The molecule has 0 bridgehead atoms. The highest BCUT2D eigenvalue weighted by Crippen LogP contribution is 2.44. The monoisotopic (exact) mass is 261 g/mol. The van der Waals surface area contributed by atoms with Crippen LogP contribution in [0.25, 0.3) is 0 Å². The summed E-state index contributed by atoms with van der Waals surface area (Å²) in [6.45, 7) is 0.940. The second-order valence-corrected chi connectivity index (χ2v) is 4.56. The topological polar surface area (TPSA) is 42.4 Å². The van der Waals surface area contributed by atoms with Crippen molar-refractivity contribution >= 4 is 0 Å². The molecule has 0 amide bonds. The van der Waals surface area contributed by atoms with Crippen molar-refractivity contribution in [2.24, 2.45) is 0 Å². The number of nitrogens with zero attached hydrogens (tertiary/aromatic N) is 1. The van der Waals surface area contributed by atoms with Crippen molar-refractivity contribution in [3.63, 3.8) is 0 Å². The van der Waals surface area contributed by atoms with Gasteiger partial charge < -0.3 is 9.84 Å². The van der Waals surface area contributed by atoms with Crippen LogP contribution >= 0.6 is 0 Å². The molecule has 18 heavy (non-hydrogen) atoms. The van der Waals surface area contributed by atoms with Crippen molar-refractivity contribution in [1.29, 1.82) is 0 Å². The fourth-order valence-corrected chi connectivity index (χ4v) is 1.87. The third-order valence-electron chi connectivity index (χ3n) is 3.23. The van der Waals surface area contributed by atoms with Gasteiger partial charge in [0.15, 0.2) is 6.10 Å². The lowest BCUT2D eigenvalue weighted by atomic mass is 9.75. The van der Waals surface area contributed by atoms with E-state index in [1.165, 1.54) is 18.5 Å². The van der Waals surface area contributed by atoms with Crippen molar-refractivity contribution in [2.75, 3.05) is 0 Å². The van der Waals surface area contributed by atoms with Crippen molar-refractivity contribution in [1.82, 2.24) is 4.98 Å². The molecule has 0 radical (unpaired) electrons. The van der Waals surface area contributed by atoms with E-state index in [4.69, 9.17) is 4.74 Å². The summed E-state index contributed by atoms with van der Waals surface area (Å²) in [6, 6.07) is 1.36. The second kappa shape index (κ2) is 4.42. The first-order valence-corrected chi connectivity index (χ1v) is 5.73. The molecule has 0 spiro atoms. The number of aromatic nitrogens is 1. The molecule has 1 N–H and O–H groups in total. The van der Waals surface area contributed by atoms with Gasteiger partial charge in [-0.25, -0.2) is 0 Å². The van der Waals surface area contributed by atoms with E-state index in [2.05, 4.69) is 4.98 Å². The molecule has 1 saturated carbocycles. The molecule has 1 aromatic rings. The first kappa shape index (κ1) is 13.1. The van der Waals surface area contributed by atoms with Crippen molar-refractivity contribution in [2.45, 2.75) is 44.1 Å². The summed E-state index contributed by atoms with van der Waals surface area (Å²) in [6.07, 6.45) is -1.73.